The summed E-state index contributed by atoms with van der Waals surface area (Å²) < 4.78 is 23.6. The smallest absolute Gasteiger partial charge is 0.332 e. The normalized spacial score (nSPS) is 12.3. The number of nitrogens with zero attached hydrogens (tertiary/aromatic N) is 7. The second kappa shape index (κ2) is 21.6. The van der Waals surface area contributed by atoms with Gasteiger partial charge in [-0.25, -0.2) is 19.6 Å². The third-order valence-corrected chi connectivity index (χ3v) is 11.8. The van der Waals surface area contributed by atoms with E-state index in [1.54, 1.807) is 42.6 Å². The van der Waals surface area contributed by atoms with E-state index in [0.29, 0.717) is 61.6 Å². The zero-order chi connectivity index (χ0) is 52.8. The van der Waals surface area contributed by atoms with Crippen molar-refractivity contribution in [1.29, 1.82) is 0 Å². The number of anilines is 2. The summed E-state index contributed by atoms with van der Waals surface area (Å²) in [4.78, 5) is 112. The highest BCUT2D eigenvalue weighted by Gasteiger charge is 2.25. The Balaban J connectivity index is 0.831. The van der Waals surface area contributed by atoms with Crippen molar-refractivity contribution >= 4 is 90.9 Å². The molecule has 0 radical (unpaired) electrons. The van der Waals surface area contributed by atoms with Crippen LogP contribution in [0.2, 0.25) is 0 Å². The first-order valence-corrected chi connectivity index (χ1v) is 22.4. The monoisotopic (exact) mass is 1010 g/mol. The van der Waals surface area contributed by atoms with E-state index in [0.717, 1.165) is 6.08 Å². The molecular formula is C48H46N12O14. The number of likely N-dealkylation sites (N-methyl/N-ethyl adjacent to an activating group) is 1. The molecule has 0 saturated heterocycles. The van der Waals surface area contributed by atoms with E-state index in [1.165, 1.54) is 49.1 Å². The molecule has 5 heterocycles. The van der Waals surface area contributed by atoms with Crippen molar-refractivity contribution < 1.29 is 63.0 Å². The fourth-order valence-corrected chi connectivity index (χ4v) is 7.91. The fraction of sp³-hybridized carbons (Fsp3) is 0.250. The molecular weight excluding hydrogens is 969 g/mol. The summed E-state index contributed by atoms with van der Waals surface area (Å²) in [7, 11) is 4.31. The van der Waals surface area contributed by atoms with E-state index >= 15 is 0 Å². The van der Waals surface area contributed by atoms with E-state index in [1.807, 2.05) is 0 Å². The van der Waals surface area contributed by atoms with Crippen LogP contribution in [0.25, 0.3) is 43.7 Å². The molecule has 26 heteroatoms. The van der Waals surface area contributed by atoms with Gasteiger partial charge in [0.1, 0.15) is 6.04 Å². The number of carboxylic acids is 2. The van der Waals surface area contributed by atoms with Crippen LogP contribution in [-0.4, -0.2) is 133 Å². The molecule has 8 rings (SSSR count). The molecule has 0 spiro atoms. The number of nitrogen functional groups attached to an aromatic ring is 1. The van der Waals surface area contributed by atoms with Gasteiger partial charge in [-0.05, 0) is 48.9 Å². The number of aromatic hydroxyl groups is 1. The van der Waals surface area contributed by atoms with Crippen LogP contribution >= 0.6 is 0 Å². The van der Waals surface area contributed by atoms with Crippen LogP contribution in [0.4, 0.5) is 11.6 Å². The first-order valence-electron chi connectivity index (χ1n) is 22.4. The predicted molar refractivity (Wildman–Crippen MR) is 262 cm³/mol. The largest absolute Gasteiger partial charge is 0.493 e. The number of carbonyl (C=O) groups is 6. The highest BCUT2D eigenvalue weighted by atomic mass is 16.7. The van der Waals surface area contributed by atoms with Gasteiger partial charge >= 0.3 is 11.9 Å². The number of nitrogens with one attached hydrogen (secondary N) is 4. The maximum absolute atomic E-state index is 14.3. The number of fused-ring (bicyclic) bond motifs is 7. The number of hydrogen-bond donors (Lipinski definition) is 8. The van der Waals surface area contributed by atoms with Crippen LogP contribution in [0.3, 0.4) is 0 Å². The van der Waals surface area contributed by atoms with Gasteiger partial charge in [-0.15, -0.1) is 0 Å². The minimum absolute atomic E-state index is 0.00405. The number of aromatic nitrogens is 6. The molecule has 26 nitrogen and oxygen atoms in total. The van der Waals surface area contributed by atoms with Gasteiger partial charge in [-0.2, -0.15) is 9.97 Å². The molecule has 7 aromatic rings. The van der Waals surface area contributed by atoms with E-state index in [2.05, 4.69) is 46.2 Å². The number of carbonyl (C=O) groups excluding carboxylic acids is 4. The summed E-state index contributed by atoms with van der Waals surface area (Å²) in [6.07, 6.45) is 2.38. The summed E-state index contributed by atoms with van der Waals surface area (Å²) in [5, 5.41) is 41.9. The minimum atomic E-state index is -1.56. The maximum Gasteiger partial charge on any atom is 0.332 e. The van der Waals surface area contributed by atoms with Crippen molar-refractivity contribution in [2.75, 3.05) is 52.3 Å². The molecule has 0 unspecified atom stereocenters. The number of methoxy groups -OCH3 is 2. The number of pyridine rings is 2. The summed E-state index contributed by atoms with van der Waals surface area (Å²) in [6.45, 7) is -0.448. The zero-order valence-corrected chi connectivity index (χ0v) is 39.6. The predicted octanol–water partition coefficient (Wildman–Crippen LogP) is 1.79. The lowest BCUT2D eigenvalue weighted by Gasteiger charge is -2.20. The number of rotatable bonds is 20. The van der Waals surface area contributed by atoms with Crippen LogP contribution in [0.5, 0.6) is 28.9 Å². The number of nitrogens with two attached hydrogens (primary N) is 1. The first kappa shape index (κ1) is 50.5. The number of benzene rings is 3. The van der Waals surface area contributed by atoms with Gasteiger partial charge in [0, 0.05) is 72.3 Å². The van der Waals surface area contributed by atoms with Crippen molar-refractivity contribution in [3.05, 3.63) is 94.2 Å². The summed E-state index contributed by atoms with van der Waals surface area (Å²) in [6, 6.07) is 11.2. The van der Waals surface area contributed by atoms with Crippen molar-refractivity contribution in [2.45, 2.75) is 38.4 Å². The van der Waals surface area contributed by atoms with Gasteiger partial charge in [0.2, 0.25) is 36.3 Å². The topological polar surface area (TPSA) is 364 Å². The molecule has 0 aliphatic carbocycles. The molecule has 0 fully saturated rings. The SMILES string of the molecule is COc1cc2c(=O)n(CCN(C)C(=O)/C=C(/CC(=O)NCNC(=O)CC[C@H](NC(=O)c3ccc(NCc4cnc5nc(N)nc(O)c5n4)cc3)C(=O)O)C(=O)O)c3c4cc5c(cc4ncc3c2cc1OC)OCO5. The molecule has 1 aliphatic heterocycles. The van der Waals surface area contributed by atoms with Crippen molar-refractivity contribution in [1.82, 2.24) is 50.3 Å². The van der Waals surface area contributed by atoms with E-state index < -0.39 is 71.7 Å². The Morgan fingerprint density at radius 3 is 2.28 bits per heavy atom. The fourth-order valence-electron chi connectivity index (χ4n) is 7.91. The number of hydrogen-bond acceptors (Lipinski definition) is 19. The Morgan fingerprint density at radius 2 is 1.58 bits per heavy atom. The van der Waals surface area contributed by atoms with Gasteiger partial charge in [-0.3, -0.25) is 29.0 Å². The lowest BCUT2D eigenvalue weighted by molar-refractivity contribution is -0.139. The van der Waals surface area contributed by atoms with Gasteiger partial charge in [-0.1, -0.05) is 0 Å². The van der Waals surface area contributed by atoms with Gasteiger partial charge < -0.3 is 70.7 Å². The number of carboxylic acid groups (broad SMARTS) is 2. The minimum Gasteiger partial charge on any atom is -0.493 e. The summed E-state index contributed by atoms with van der Waals surface area (Å²) in [5.74, 6) is -4.97. The van der Waals surface area contributed by atoms with Crippen LogP contribution < -0.4 is 51.5 Å². The molecule has 1 aliphatic rings. The van der Waals surface area contributed by atoms with Crippen molar-refractivity contribution in [3.8, 4) is 28.9 Å². The number of ether oxygens (including phenoxy) is 4. The van der Waals surface area contributed by atoms with Crippen LogP contribution in [0.1, 0.15) is 35.3 Å². The van der Waals surface area contributed by atoms with Gasteiger partial charge in [0.05, 0.1) is 67.7 Å². The lowest BCUT2D eigenvalue weighted by atomic mass is 10.0. The average Bonchev–Trinajstić information content (AvgIpc) is 3.85. The highest BCUT2D eigenvalue weighted by molar-refractivity contribution is 6.15. The van der Waals surface area contributed by atoms with Crippen LogP contribution in [0, 0.1) is 0 Å². The second-order valence-corrected chi connectivity index (χ2v) is 16.5. The zero-order valence-electron chi connectivity index (χ0n) is 39.6. The van der Waals surface area contributed by atoms with Crippen molar-refractivity contribution in [2.24, 2.45) is 0 Å². The average molecular weight is 1010 g/mol. The van der Waals surface area contributed by atoms with E-state index in [-0.39, 0.29) is 67.3 Å². The molecule has 74 heavy (non-hydrogen) atoms. The second-order valence-electron chi connectivity index (χ2n) is 16.5. The third kappa shape index (κ3) is 11.0. The first-order chi connectivity index (χ1) is 35.5. The Hall–Kier alpha value is -9.88. The molecule has 382 valence electrons. The Kier molecular flexibility index (Phi) is 14.8. The van der Waals surface area contributed by atoms with Crippen LogP contribution in [0.15, 0.2) is 77.4 Å². The lowest BCUT2D eigenvalue weighted by Crippen LogP contribution is -2.42. The standard InChI is InChI=1S/C48H46N12O14/c1-59(10-11-60-41-29-16-35-36(74-22-73-35)17-32(29)51-20-30(41)27-14-33(71-2)34(72-3)15-28(27)45(60)66)39(63)13-24(46(67)68)12-38(62)54-21-53-37(61)9-8-31(47(69)70)56-43(64)23-4-6-25(7-5-23)50-18-26-19-52-42-40(55-26)44(65)58-48(49)57-42/h4-7,13-17,19-20,31,50H,8-12,18,21-22H2,1-3H3,(H,53,61)(H,54,62)(H,56,64)(H,67,68)(H,69,70)(H3,49,52,57,58,65)/b24-13-/t31-/m0/s1. The Morgan fingerprint density at radius 1 is 0.878 bits per heavy atom. The molecule has 9 N–H and O–H groups in total. The molecule has 4 amide bonds. The summed E-state index contributed by atoms with van der Waals surface area (Å²) in [5.41, 5.74) is 6.83. The molecule has 4 aromatic heterocycles. The molecule has 0 bridgehead atoms. The van der Waals surface area contributed by atoms with Crippen LogP contribution in [-0.2, 0) is 37.1 Å². The van der Waals surface area contributed by atoms with E-state index in [9.17, 15) is 48.9 Å². The Labute approximate surface area is 417 Å². The molecule has 1 atom stereocenters. The van der Waals surface area contributed by atoms with Gasteiger partial charge in [0.15, 0.2) is 34.2 Å². The summed E-state index contributed by atoms with van der Waals surface area (Å²) >= 11 is 0. The van der Waals surface area contributed by atoms with Gasteiger partial charge in [0.25, 0.3) is 11.5 Å². The molecule has 3 aromatic carbocycles. The molecule has 0 saturated carbocycles. The number of amides is 4. The maximum atomic E-state index is 14.3. The van der Waals surface area contributed by atoms with E-state index in [4.69, 9.17) is 24.7 Å². The third-order valence-electron chi connectivity index (χ3n) is 11.8. The quantitative estimate of drug-likeness (QED) is 0.0306. The number of aliphatic carboxylic acids is 2. The highest BCUT2D eigenvalue weighted by Crippen LogP contribution is 2.40. The van der Waals surface area contributed by atoms with Crippen molar-refractivity contribution in [3.63, 3.8) is 0 Å². The Bertz CT molecular complexity index is 3510.